The Balaban J connectivity index is 1.90. The van der Waals surface area contributed by atoms with Gasteiger partial charge in [0.25, 0.3) is 5.69 Å². The third-order valence-corrected chi connectivity index (χ3v) is 8.69. The number of ether oxygens (including phenoxy) is 3. The van der Waals surface area contributed by atoms with Gasteiger partial charge in [0.15, 0.2) is 4.88 Å². The summed E-state index contributed by atoms with van der Waals surface area (Å²) in [7, 11) is -0.0824. The lowest BCUT2D eigenvalue weighted by molar-refractivity contribution is -0.384. The van der Waals surface area contributed by atoms with Gasteiger partial charge in [0, 0.05) is 24.7 Å². The summed E-state index contributed by atoms with van der Waals surface area (Å²) in [6, 6.07) is 12.4. The predicted octanol–water partition coefficient (Wildman–Crippen LogP) is 8.35. The fourth-order valence-electron chi connectivity index (χ4n) is 3.32. The molecule has 1 aromatic heterocycles. The van der Waals surface area contributed by atoms with E-state index in [2.05, 4.69) is 25.0 Å². The first kappa shape index (κ1) is 28.8. The molecule has 0 bridgehead atoms. The molecule has 0 aliphatic carbocycles. The molecule has 3 rings (SSSR count). The van der Waals surface area contributed by atoms with E-state index in [1.54, 1.807) is 19.1 Å². The zero-order valence-corrected chi connectivity index (χ0v) is 24.4. The summed E-state index contributed by atoms with van der Waals surface area (Å²) in [6.07, 6.45) is -0.476. The molecule has 3 aromatic rings. The Labute approximate surface area is 230 Å². The fraction of sp³-hybridized carbons (Fsp3) is 0.320. The lowest BCUT2D eigenvalue weighted by Gasteiger charge is -2.17. The molecule has 0 unspecified atom stereocenters. The van der Waals surface area contributed by atoms with Crippen LogP contribution in [0.4, 0.5) is 16.4 Å². The molecule has 1 N–H and O–H groups in total. The summed E-state index contributed by atoms with van der Waals surface area (Å²) in [5, 5.41) is 16.0. The van der Waals surface area contributed by atoms with Crippen LogP contribution in [-0.2, 0) is 4.74 Å². The number of methoxy groups -OCH3 is 1. The van der Waals surface area contributed by atoms with Gasteiger partial charge in [-0.2, -0.15) is 0 Å². The number of nitro benzene ring substituents is 1. The third kappa shape index (κ3) is 7.61. The van der Waals surface area contributed by atoms with Crippen LogP contribution in [0.15, 0.2) is 42.5 Å². The molecule has 0 aliphatic rings. The molecule has 1 atom stereocenters. The summed E-state index contributed by atoms with van der Waals surface area (Å²) >= 11 is 13.7. The van der Waals surface area contributed by atoms with Crippen LogP contribution >= 0.6 is 34.5 Å². The average Bonchev–Trinajstić information content (AvgIpc) is 3.21. The van der Waals surface area contributed by atoms with Crippen molar-refractivity contribution >= 4 is 65.0 Å². The average molecular weight is 584 g/mol. The molecule has 0 fully saturated rings. The summed E-state index contributed by atoms with van der Waals surface area (Å²) in [5.41, 5.74) is 0.677. The number of halogens is 2. The van der Waals surface area contributed by atoms with Gasteiger partial charge in [-0.25, -0.2) is 4.79 Å². The Bertz CT molecular complexity index is 1290. The zero-order chi connectivity index (χ0) is 27.3. The van der Waals surface area contributed by atoms with Gasteiger partial charge in [0.05, 0.1) is 34.7 Å². The summed E-state index contributed by atoms with van der Waals surface area (Å²) in [5.74, 6) is -0.0962. The number of hydrogen-bond donors (Lipinski definition) is 1. The molecule has 1 heterocycles. The number of esters is 1. The van der Waals surface area contributed by atoms with Crippen LogP contribution in [0.3, 0.4) is 0 Å². The minimum absolute atomic E-state index is 0.149. The number of nitro groups is 1. The minimum Gasteiger partial charge on any atom is -0.492 e. The number of carbonyl (C=O) groups excluding carboxylic acids is 1. The maximum absolute atomic E-state index is 12.4. The topological polar surface area (TPSA) is 99.9 Å². The van der Waals surface area contributed by atoms with Crippen molar-refractivity contribution in [2.45, 2.75) is 38.7 Å². The minimum atomic E-state index is -1.35. The van der Waals surface area contributed by atoms with Gasteiger partial charge in [-0.3, -0.25) is 10.1 Å². The second kappa shape index (κ2) is 12.2. The number of anilines is 2. The molecule has 0 radical (unpaired) electrons. The Hall–Kier alpha value is -2.79. The number of rotatable bonds is 11. The number of benzene rings is 2. The second-order valence-electron chi connectivity index (χ2n) is 9.42. The van der Waals surface area contributed by atoms with Crippen LogP contribution < -0.4 is 14.8 Å². The van der Waals surface area contributed by atoms with Crippen molar-refractivity contribution in [3.8, 4) is 11.5 Å². The number of carbonyl (C=O) groups is 1. The van der Waals surface area contributed by atoms with E-state index in [1.165, 1.54) is 19.2 Å². The van der Waals surface area contributed by atoms with Gasteiger partial charge < -0.3 is 19.5 Å². The third-order valence-electron chi connectivity index (χ3n) is 5.33. The van der Waals surface area contributed by atoms with Gasteiger partial charge in [-0.05, 0) is 25.1 Å². The Morgan fingerprint density at radius 2 is 1.84 bits per heavy atom. The van der Waals surface area contributed by atoms with Crippen molar-refractivity contribution in [2.24, 2.45) is 0 Å². The van der Waals surface area contributed by atoms with Gasteiger partial charge in [0.2, 0.25) is 0 Å². The lowest BCUT2D eigenvalue weighted by Crippen LogP contribution is -2.22. The van der Waals surface area contributed by atoms with Crippen molar-refractivity contribution in [3.05, 3.63) is 73.1 Å². The van der Waals surface area contributed by atoms with Crippen LogP contribution in [-0.4, -0.2) is 32.7 Å². The number of thiophene rings is 1. The van der Waals surface area contributed by atoms with Crippen molar-refractivity contribution < 1.29 is 23.9 Å². The maximum Gasteiger partial charge on any atom is 0.351 e. The summed E-state index contributed by atoms with van der Waals surface area (Å²) in [6.45, 7) is 8.87. The molecule has 12 heteroatoms. The molecule has 37 heavy (non-hydrogen) atoms. The molecular weight excluding hydrogens is 555 g/mol. The molecule has 2 aromatic carbocycles. The normalized spacial score (nSPS) is 12.1. The van der Waals surface area contributed by atoms with E-state index in [0.717, 1.165) is 22.9 Å². The monoisotopic (exact) mass is 582 g/mol. The van der Waals surface area contributed by atoms with Gasteiger partial charge in [-0.15, -0.1) is 11.3 Å². The van der Waals surface area contributed by atoms with E-state index < -0.39 is 25.1 Å². The van der Waals surface area contributed by atoms with Gasteiger partial charge in [0.1, 0.15) is 23.3 Å². The lowest BCUT2D eigenvalue weighted by atomic mass is 10.1. The second-order valence-corrected chi connectivity index (χ2v) is 16.9. The van der Waals surface area contributed by atoms with Crippen LogP contribution in [0.1, 0.15) is 28.3 Å². The van der Waals surface area contributed by atoms with Crippen LogP contribution in [0.5, 0.6) is 11.5 Å². The highest BCUT2D eigenvalue weighted by Crippen LogP contribution is 2.42. The quantitative estimate of drug-likeness (QED) is 0.105. The van der Waals surface area contributed by atoms with Crippen LogP contribution in [0.2, 0.25) is 35.7 Å². The molecule has 0 aliphatic heterocycles. The van der Waals surface area contributed by atoms with E-state index >= 15 is 0 Å². The van der Waals surface area contributed by atoms with Crippen molar-refractivity contribution in [1.82, 2.24) is 0 Å². The first-order valence-electron chi connectivity index (χ1n) is 11.4. The maximum atomic E-state index is 12.4. The first-order chi connectivity index (χ1) is 17.4. The Kier molecular flexibility index (Phi) is 9.46. The van der Waals surface area contributed by atoms with Gasteiger partial charge in [-0.1, -0.05) is 61.0 Å². The molecule has 0 saturated carbocycles. The van der Waals surface area contributed by atoms with E-state index in [1.807, 2.05) is 18.2 Å². The number of nitrogens with one attached hydrogen (secondary N) is 1. The summed E-state index contributed by atoms with van der Waals surface area (Å²) in [4.78, 5) is 24.0. The van der Waals surface area contributed by atoms with Crippen LogP contribution in [0.25, 0.3) is 0 Å². The highest BCUT2D eigenvalue weighted by atomic mass is 35.5. The van der Waals surface area contributed by atoms with Crippen LogP contribution in [0, 0.1) is 10.1 Å². The largest absolute Gasteiger partial charge is 0.492 e. The molecule has 198 valence electrons. The van der Waals surface area contributed by atoms with Gasteiger partial charge >= 0.3 is 5.97 Å². The Morgan fingerprint density at radius 3 is 2.46 bits per heavy atom. The fourth-order valence-corrected chi connectivity index (χ4v) is 5.46. The molecule has 8 nitrogen and oxygen atoms in total. The van der Waals surface area contributed by atoms with E-state index in [9.17, 15) is 14.9 Å². The van der Waals surface area contributed by atoms with E-state index in [4.69, 9.17) is 37.4 Å². The standard InChI is InChI=1S/C25H28Cl2N2O6SSi/c1-15(16-8-6-7-9-17(16)26)35-22-14-23(36-24(22)25(30)33-2)28-19-12-18(27)21(13-20(19)29(31)32)34-10-11-37(3,4)5/h6-9,12-15,28H,10-11H2,1-5H3/t15-/m1/s1. The van der Waals surface area contributed by atoms with E-state index in [0.29, 0.717) is 16.6 Å². The Morgan fingerprint density at radius 1 is 1.14 bits per heavy atom. The van der Waals surface area contributed by atoms with Crippen molar-refractivity contribution in [2.75, 3.05) is 19.0 Å². The predicted molar refractivity (Wildman–Crippen MR) is 151 cm³/mol. The molecular formula is C25H28Cl2N2O6SSi. The highest BCUT2D eigenvalue weighted by molar-refractivity contribution is 7.18. The zero-order valence-electron chi connectivity index (χ0n) is 21.1. The van der Waals surface area contributed by atoms with E-state index in [-0.39, 0.29) is 32.8 Å². The SMILES string of the molecule is COC(=O)c1sc(Nc2cc(Cl)c(OCC[Si](C)(C)C)cc2[N+](=O)[O-])cc1O[C@H](C)c1ccccc1Cl. The van der Waals surface area contributed by atoms with Crippen molar-refractivity contribution in [3.63, 3.8) is 0 Å². The van der Waals surface area contributed by atoms with Crippen molar-refractivity contribution in [1.29, 1.82) is 0 Å². The molecule has 0 spiro atoms. The molecule has 0 saturated heterocycles. The molecule has 0 amide bonds. The highest BCUT2D eigenvalue weighted by Gasteiger charge is 2.24. The number of hydrogen-bond acceptors (Lipinski definition) is 8. The first-order valence-corrected chi connectivity index (χ1v) is 16.7. The smallest absolute Gasteiger partial charge is 0.351 e. The number of nitrogens with zero attached hydrogens (tertiary/aromatic N) is 1. The summed E-state index contributed by atoms with van der Waals surface area (Å²) < 4.78 is 16.7.